The topological polar surface area (TPSA) is 125 Å². The molecule has 10 heteroatoms. The summed E-state index contributed by atoms with van der Waals surface area (Å²) in [7, 11) is 0. The minimum absolute atomic E-state index is 0.253. The molecule has 2 aromatic rings. The number of nitrogens with zero attached hydrogens (tertiary/aromatic N) is 5. The van der Waals surface area contributed by atoms with E-state index in [1.165, 1.54) is 11.8 Å². The fourth-order valence-corrected chi connectivity index (χ4v) is 3.16. The van der Waals surface area contributed by atoms with Crippen molar-refractivity contribution < 1.29 is 4.74 Å². The van der Waals surface area contributed by atoms with Crippen LogP contribution in [-0.4, -0.2) is 59.3 Å². The highest BCUT2D eigenvalue weighted by Gasteiger charge is 2.17. The zero-order valence-electron chi connectivity index (χ0n) is 15.1. The Morgan fingerprint density at radius 1 is 1.41 bits per heavy atom. The van der Waals surface area contributed by atoms with Crippen molar-refractivity contribution >= 4 is 35.0 Å². The molecule has 0 bridgehead atoms. The van der Waals surface area contributed by atoms with Gasteiger partial charge in [-0.3, -0.25) is 5.41 Å². The van der Waals surface area contributed by atoms with Gasteiger partial charge in [0.1, 0.15) is 17.2 Å². The number of pyridine rings is 1. The lowest BCUT2D eigenvalue weighted by Gasteiger charge is -2.27. The highest BCUT2D eigenvalue weighted by molar-refractivity contribution is 8.13. The molecule has 0 amide bonds. The Morgan fingerprint density at radius 3 is 2.89 bits per heavy atom. The van der Waals surface area contributed by atoms with Crippen LogP contribution in [0.5, 0.6) is 0 Å². The molecule has 9 nitrogen and oxygen atoms in total. The third-order valence-corrected chi connectivity index (χ3v) is 4.54. The van der Waals surface area contributed by atoms with E-state index in [0.29, 0.717) is 24.2 Å². The lowest BCUT2D eigenvalue weighted by atomic mass is 10.2. The molecule has 0 aliphatic carbocycles. The normalized spacial score (nSPS) is 14.9. The second kappa shape index (κ2) is 9.28. The molecule has 1 fully saturated rings. The van der Waals surface area contributed by atoms with Crippen LogP contribution in [0.4, 0.5) is 11.8 Å². The molecule has 3 heterocycles. The van der Waals surface area contributed by atoms with Gasteiger partial charge in [-0.1, -0.05) is 0 Å². The summed E-state index contributed by atoms with van der Waals surface area (Å²) < 4.78 is 5.42. The van der Waals surface area contributed by atoms with Gasteiger partial charge in [0.05, 0.1) is 18.9 Å². The number of nitrogens with two attached hydrogens (primary N) is 1. The third kappa shape index (κ3) is 5.14. The van der Waals surface area contributed by atoms with Gasteiger partial charge in [0.2, 0.25) is 5.95 Å². The van der Waals surface area contributed by atoms with Crippen LogP contribution in [0, 0.1) is 5.41 Å². The standard InChI is InChI=1S/C17H22N8OS/c1-2-20-14-4-3-12(10-21-14)13-9-15(27-16(19)22-11-18)24-17(23-13)25-5-7-26-8-6-25/h3-4,9-11H,2,5-8H2,1H3,(H,20,21)(H3,18,19,22). The molecular formula is C17H22N8OS. The van der Waals surface area contributed by atoms with Crippen LogP contribution < -0.4 is 16.0 Å². The number of aliphatic imine (C=N–C) groups is 1. The van der Waals surface area contributed by atoms with E-state index in [1.54, 1.807) is 6.20 Å². The van der Waals surface area contributed by atoms with Crippen LogP contribution >= 0.6 is 11.8 Å². The predicted molar refractivity (Wildman–Crippen MR) is 109 cm³/mol. The number of morpholine rings is 1. The van der Waals surface area contributed by atoms with E-state index in [-0.39, 0.29) is 5.17 Å². The molecule has 0 spiro atoms. The molecule has 1 saturated heterocycles. The summed E-state index contributed by atoms with van der Waals surface area (Å²) in [6.07, 6.45) is 2.70. The molecule has 0 aromatic carbocycles. The first-order chi connectivity index (χ1) is 13.2. The SMILES string of the molecule is CCNc1ccc(-c2cc(SC(N)=NC=N)nc(N3CCOCC3)n2)cn1. The van der Waals surface area contributed by atoms with Crippen LogP contribution in [0.25, 0.3) is 11.3 Å². The molecule has 2 aromatic heterocycles. The lowest BCUT2D eigenvalue weighted by Crippen LogP contribution is -2.37. The van der Waals surface area contributed by atoms with E-state index in [4.69, 9.17) is 20.9 Å². The first-order valence-electron chi connectivity index (χ1n) is 8.61. The Balaban J connectivity index is 1.95. The van der Waals surface area contributed by atoms with Crippen LogP contribution in [-0.2, 0) is 4.74 Å². The number of anilines is 2. The fourth-order valence-electron chi connectivity index (χ4n) is 2.55. The van der Waals surface area contributed by atoms with E-state index < -0.39 is 0 Å². The van der Waals surface area contributed by atoms with Gasteiger partial charge >= 0.3 is 0 Å². The number of hydrogen-bond donors (Lipinski definition) is 3. The third-order valence-electron chi connectivity index (χ3n) is 3.80. The van der Waals surface area contributed by atoms with Crippen LogP contribution in [0.2, 0.25) is 0 Å². The van der Waals surface area contributed by atoms with Crippen LogP contribution in [0.15, 0.2) is 34.4 Å². The number of aromatic nitrogens is 3. The van der Waals surface area contributed by atoms with Gasteiger partial charge in [-0.15, -0.1) is 0 Å². The average Bonchev–Trinajstić information content (AvgIpc) is 2.69. The quantitative estimate of drug-likeness (QED) is 0.297. The van der Waals surface area contributed by atoms with Gasteiger partial charge in [-0.25, -0.2) is 19.9 Å². The van der Waals surface area contributed by atoms with Gasteiger partial charge < -0.3 is 20.7 Å². The van der Waals surface area contributed by atoms with E-state index in [2.05, 4.69) is 25.2 Å². The first-order valence-corrected chi connectivity index (χ1v) is 9.43. The summed E-state index contributed by atoms with van der Waals surface area (Å²) in [5.41, 5.74) is 7.48. The molecule has 0 atom stereocenters. The molecule has 0 unspecified atom stereocenters. The largest absolute Gasteiger partial charge is 0.378 e. The minimum atomic E-state index is 0.253. The molecular weight excluding hydrogens is 364 g/mol. The van der Waals surface area contributed by atoms with Gasteiger partial charge in [0.15, 0.2) is 5.17 Å². The number of thioether (sulfide) groups is 1. The number of hydrogen-bond acceptors (Lipinski definition) is 8. The van der Waals surface area contributed by atoms with Crippen molar-refractivity contribution in [3.8, 4) is 11.3 Å². The summed E-state index contributed by atoms with van der Waals surface area (Å²) in [4.78, 5) is 19.6. The zero-order valence-corrected chi connectivity index (χ0v) is 15.9. The Morgan fingerprint density at radius 2 is 2.22 bits per heavy atom. The maximum absolute atomic E-state index is 7.06. The minimum Gasteiger partial charge on any atom is -0.378 e. The van der Waals surface area contributed by atoms with Crippen molar-refractivity contribution in [1.82, 2.24) is 15.0 Å². The second-order valence-electron chi connectivity index (χ2n) is 5.65. The Kier molecular flexibility index (Phi) is 6.55. The second-order valence-corrected chi connectivity index (χ2v) is 6.69. The molecule has 1 aliphatic heterocycles. The molecule has 0 saturated carbocycles. The summed E-state index contributed by atoms with van der Waals surface area (Å²) in [5.74, 6) is 1.44. The maximum Gasteiger partial charge on any atom is 0.227 e. The summed E-state index contributed by atoms with van der Waals surface area (Å²) in [6, 6.07) is 5.75. The highest BCUT2D eigenvalue weighted by Crippen LogP contribution is 2.26. The molecule has 0 radical (unpaired) electrons. The van der Waals surface area contributed by atoms with Gasteiger partial charge in [0.25, 0.3) is 0 Å². The van der Waals surface area contributed by atoms with E-state index >= 15 is 0 Å². The van der Waals surface area contributed by atoms with Gasteiger partial charge in [0, 0.05) is 31.4 Å². The number of nitrogens with one attached hydrogen (secondary N) is 2. The van der Waals surface area contributed by atoms with E-state index in [1.807, 2.05) is 25.1 Å². The van der Waals surface area contributed by atoms with Crippen molar-refractivity contribution in [3.05, 3.63) is 24.4 Å². The molecule has 142 valence electrons. The van der Waals surface area contributed by atoms with Crippen molar-refractivity contribution in [2.24, 2.45) is 10.7 Å². The monoisotopic (exact) mass is 386 g/mol. The average molecular weight is 386 g/mol. The number of ether oxygens (including phenoxy) is 1. The van der Waals surface area contributed by atoms with Gasteiger partial charge in [-0.2, -0.15) is 0 Å². The van der Waals surface area contributed by atoms with Crippen LogP contribution in [0.3, 0.4) is 0 Å². The van der Waals surface area contributed by atoms with E-state index in [0.717, 1.165) is 43.0 Å². The Labute approximate surface area is 162 Å². The number of amidine groups is 1. The maximum atomic E-state index is 7.06. The number of rotatable bonds is 6. The Bertz CT molecular complexity index is 805. The molecule has 1 aliphatic rings. The zero-order chi connectivity index (χ0) is 19.1. The summed E-state index contributed by atoms with van der Waals surface area (Å²) in [6.45, 7) is 5.59. The smallest absolute Gasteiger partial charge is 0.227 e. The summed E-state index contributed by atoms with van der Waals surface area (Å²) in [5, 5.41) is 11.2. The first kappa shape index (κ1) is 19.1. The van der Waals surface area contributed by atoms with Gasteiger partial charge in [-0.05, 0) is 36.9 Å². The van der Waals surface area contributed by atoms with Crippen LogP contribution in [0.1, 0.15) is 6.92 Å². The highest BCUT2D eigenvalue weighted by atomic mass is 32.2. The van der Waals surface area contributed by atoms with Crippen molar-refractivity contribution in [3.63, 3.8) is 0 Å². The molecule has 27 heavy (non-hydrogen) atoms. The van der Waals surface area contributed by atoms with Crippen molar-refractivity contribution in [1.29, 1.82) is 5.41 Å². The Hall–Kier alpha value is -2.72. The predicted octanol–water partition coefficient (Wildman–Crippen LogP) is 1.82. The molecule has 4 N–H and O–H groups in total. The lowest BCUT2D eigenvalue weighted by molar-refractivity contribution is 0.122. The van der Waals surface area contributed by atoms with Crippen molar-refractivity contribution in [2.45, 2.75) is 11.9 Å². The summed E-state index contributed by atoms with van der Waals surface area (Å²) >= 11 is 1.20. The van der Waals surface area contributed by atoms with E-state index in [9.17, 15) is 0 Å². The fraction of sp³-hybridized carbons (Fsp3) is 0.353. The van der Waals surface area contributed by atoms with Crippen molar-refractivity contribution in [2.75, 3.05) is 43.1 Å². The molecule has 3 rings (SSSR count).